The van der Waals surface area contributed by atoms with Gasteiger partial charge in [0.2, 0.25) is 11.8 Å². The maximum atomic E-state index is 12.8. The minimum Gasteiger partial charge on any atom is -0.381 e. The molecule has 10 heteroatoms. The van der Waals surface area contributed by atoms with E-state index in [0.717, 1.165) is 22.5 Å². The number of hydrogen-bond acceptors (Lipinski definition) is 7. The molecular formula is C21H28N4O5S. The van der Waals surface area contributed by atoms with E-state index in [1.54, 1.807) is 0 Å². The van der Waals surface area contributed by atoms with Gasteiger partial charge < -0.3 is 20.5 Å². The Hall–Kier alpha value is -2.56. The highest BCUT2D eigenvalue weighted by molar-refractivity contribution is 8.24. The van der Waals surface area contributed by atoms with Gasteiger partial charge in [-0.05, 0) is 50.8 Å². The van der Waals surface area contributed by atoms with Crippen LogP contribution in [0.15, 0.2) is 22.7 Å². The van der Waals surface area contributed by atoms with E-state index < -0.39 is 16.6 Å². The fourth-order valence-electron chi connectivity index (χ4n) is 4.13. The molecule has 31 heavy (non-hydrogen) atoms. The summed E-state index contributed by atoms with van der Waals surface area (Å²) in [5.41, 5.74) is 3.85. The second-order valence-corrected chi connectivity index (χ2v) is 10.7. The normalized spacial score (nSPS) is 22.1. The Morgan fingerprint density at radius 3 is 2.55 bits per heavy atom. The van der Waals surface area contributed by atoms with E-state index in [9.17, 15) is 18.7 Å². The molecule has 168 valence electrons. The average molecular weight is 449 g/mol. The number of nitrogens with zero attached hydrogens (tertiary/aromatic N) is 1. The predicted molar refractivity (Wildman–Crippen MR) is 120 cm³/mol. The highest BCUT2D eigenvalue weighted by Gasteiger charge is 2.29. The van der Waals surface area contributed by atoms with Crippen LogP contribution >= 0.6 is 10.6 Å². The molecule has 0 radical (unpaired) electrons. The Bertz CT molecular complexity index is 976. The molecular weight excluding hydrogens is 420 g/mol. The van der Waals surface area contributed by atoms with Crippen molar-refractivity contribution in [1.29, 1.82) is 0 Å². The van der Waals surface area contributed by atoms with Crippen LogP contribution in [-0.4, -0.2) is 49.7 Å². The molecule has 0 unspecified atom stereocenters. The molecule has 0 spiro atoms. The summed E-state index contributed by atoms with van der Waals surface area (Å²) < 4.78 is 25.0. The van der Waals surface area contributed by atoms with Crippen LogP contribution in [0.2, 0.25) is 0 Å². The Morgan fingerprint density at radius 2 is 1.94 bits per heavy atom. The molecule has 0 saturated carbocycles. The Balaban J connectivity index is 1.60. The van der Waals surface area contributed by atoms with Crippen molar-refractivity contribution in [2.45, 2.75) is 51.6 Å². The third-order valence-corrected chi connectivity index (χ3v) is 7.64. The Labute approximate surface area is 182 Å². The number of aryl methyl sites for hydroxylation is 2. The van der Waals surface area contributed by atoms with E-state index in [1.807, 2.05) is 32.0 Å². The fourth-order valence-corrected chi connectivity index (χ4v) is 5.66. The number of nitrogens with one attached hydrogen (secondary N) is 3. The Kier molecular flexibility index (Phi) is 5.96. The molecule has 1 aromatic carbocycles. The van der Waals surface area contributed by atoms with Crippen LogP contribution in [0, 0.1) is 13.8 Å². The van der Waals surface area contributed by atoms with Crippen LogP contribution in [0.3, 0.4) is 0 Å². The lowest BCUT2D eigenvalue weighted by Gasteiger charge is -2.39. The van der Waals surface area contributed by atoms with Gasteiger partial charge in [0.15, 0.2) is 0 Å². The van der Waals surface area contributed by atoms with Gasteiger partial charge in [0.1, 0.15) is 11.8 Å². The van der Waals surface area contributed by atoms with Crippen LogP contribution in [0.5, 0.6) is 0 Å². The molecule has 2 aliphatic heterocycles. The summed E-state index contributed by atoms with van der Waals surface area (Å²) in [5, 5.41) is 13.1. The zero-order valence-corrected chi connectivity index (χ0v) is 18.4. The molecule has 0 aliphatic carbocycles. The second kappa shape index (κ2) is 8.52. The third-order valence-electron chi connectivity index (χ3n) is 5.86. The maximum absolute atomic E-state index is 12.8. The lowest BCUT2D eigenvalue weighted by molar-refractivity contribution is -0.122. The standard InChI is InChI=1S/C21H28N4O5S/c1-12-20(13(2)30-25-12)14-3-4-16(22-15-7-9-31(28,29)10-8-15)18(11-14)24-21(27)17-5-6-19(26)23-17/h3-4,11,15,17,22,28-29H,5-10H2,1-2H3,(H,23,26)(H,24,27)/t17-/m0/s1. The molecule has 2 amide bonds. The molecule has 9 nitrogen and oxygen atoms in total. The van der Waals surface area contributed by atoms with Crippen molar-refractivity contribution in [2.24, 2.45) is 0 Å². The number of benzene rings is 1. The van der Waals surface area contributed by atoms with Crippen molar-refractivity contribution in [3.05, 3.63) is 29.7 Å². The highest BCUT2D eigenvalue weighted by atomic mass is 32.3. The maximum Gasteiger partial charge on any atom is 0.247 e. The van der Waals surface area contributed by atoms with Crippen LogP contribution in [0.4, 0.5) is 11.4 Å². The van der Waals surface area contributed by atoms with E-state index in [4.69, 9.17) is 4.52 Å². The van der Waals surface area contributed by atoms with Crippen LogP contribution in [-0.2, 0) is 9.59 Å². The number of amides is 2. The molecule has 5 N–H and O–H groups in total. The van der Waals surface area contributed by atoms with E-state index >= 15 is 0 Å². The molecule has 2 aliphatic rings. The molecule has 1 aromatic heterocycles. The Morgan fingerprint density at radius 1 is 1.19 bits per heavy atom. The minimum atomic E-state index is -2.47. The van der Waals surface area contributed by atoms with Crippen molar-refractivity contribution in [3.63, 3.8) is 0 Å². The van der Waals surface area contributed by atoms with E-state index in [1.165, 1.54) is 0 Å². The molecule has 2 saturated heterocycles. The summed E-state index contributed by atoms with van der Waals surface area (Å²) >= 11 is 0. The molecule has 4 rings (SSSR count). The van der Waals surface area contributed by atoms with Gasteiger partial charge in [0.25, 0.3) is 0 Å². The summed E-state index contributed by atoms with van der Waals surface area (Å²) in [4.78, 5) is 24.3. The third kappa shape index (κ3) is 4.86. The van der Waals surface area contributed by atoms with Crippen molar-refractivity contribution in [3.8, 4) is 11.1 Å². The molecule has 0 bridgehead atoms. The van der Waals surface area contributed by atoms with Gasteiger partial charge in [-0.1, -0.05) is 11.2 Å². The van der Waals surface area contributed by atoms with Crippen LogP contribution < -0.4 is 16.0 Å². The number of rotatable bonds is 5. The van der Waals surface area contributed by atoms with Gasteiger partial charge in [0.05, 0.1) is 17.1 Å². The predicted octanol–water partition coefficient (Wildman–Crippen LogP) is 3.50. The number of carbonyl (C=O) groups excluding carboxylic acids is 2. The lowest BCUT2D eigenvalue weighted by atomic mass is 10.0. The lowest BCUT2D eigenvalue weighted by Crippen LogP contribution is -2.37. The molecule has 2 fully saturated rings. The van der Waals surface area contributed by atoms with Crippen LogP contribution in [0.25, 0.3) is 11.1 Å². The van der Waals surface area contributed by atoms with Gasteiger partial charge >= 0.3 is 0 Å². The summed E-state index contributed by atoms with van der Waals surface area (Å²) in [7, 11) is -2.47. The fraction of sp³-hybridized carbons (Fsp3) is 0.476. The highest BCUT2D eigenvalue weighted by Crippen LogP contribution is 2.44. The summed E-state index contributed by atoms with van der Waals surface area (Å²) in [6.07, 6.45) is 2.09. The first-order valence-electron chi connectivity index (χ1n) is 10.4. The first-order valence-corrected chi connectivity index (χ1v) is 12.3. The van der Waals surface area contributed by atoms with E-state index in [0.29, 0.717) is 48.6 Å². The number of aromatic nitrogens is 1. The van der Waals surface area contributed by atoms with Crippen LogP contribution in [0.1, 0.15) is 37.1 Å². The van der Waals surface area contributed by atoms with Crippen molar-refractivity contribution >= 4 is 33.8 Å². The van der Waals surface area contributed by atoms with Gasteiger partial charge in [-0.15, -0.1) is 0 Å². The zero-order chi connectivity index (χ0) is 22.2. The van der Waals surface area contributed by atoms with Crippen molar-refractivity contribution in [2.75, 3.05) is 22.1 Å². The van der Waals surface area contributed by atoms with Gasteiger partial charge in [0, 0.05) is 29.5 Å². The average Bonchev–Trinajstić information content (AvgIpc) is 3.30. The topological polar surface area (TPSA) is 137 Å². The van der Waals surface area contributed by atoms with Gasteiger partial charge in [-0.3, -0.25) is 18.7 Å². The number of hydrogen-bond donors (Lipinski definition) is 5. The zero-order valence-electron chi connectivity index (χ0n) is 17.6. The van der Waals surface area contributed by atoms with Gasteiger partial charge in [-0.2, -0.15) is 10.6 Å². The minimum absolute atomic E-state index is 0.0756. The first kappa shape index (κ1) is 21.7. The summed E-state index contributed by atoms with van der Waals surface area (Å²) in [6.45, 7) is 3.71. The first-order chi connectivity index (χ1) is 14.7. The van der Waals surface area contributed by atoms with Crippen molar-refractivity contribution < 1.29 is 23.2 Å². The summed E-state index contributed by atoms with van der Waals surface area (Å²) in [6, 6.07) is 5.24. The SMILES string of the molecule is Cc1noc(C)c1-c1ccc(NC2CCS(O)(O)CC2)c(NC(=O)[C@@H]2CCC(=O)N2)c1. The monoisotopic (exact) mass is 448 g/mol. The van der Waals surface area contributed by atoms with E-state index in [-0.39, 0.29) is 17.9 Å². The quantitative estimate of drug-likeness (QED) is 0.472. The number of carbonyl (C=O) groups is 2. The summed E-state index contributed by atoms with van der Waals surface area (Å²) in [5.74, 6) is 1.05. The number of anilines is 2. The van der Waals surface area contributed by atoms with E-state index in [2.05, 4.69) is 21.1 Å². The largest absolute Gasteiger partial charge is 0.381 e. The van der Waals surface area contributed by atoms with Gasteiger partial charge in [-0.25, -0.2) is 0 Å². The molecule has 1 atom stereocenters. The molecule has 3 heterocycles. The second-order valence-electron chi connectivity index (χ2n) is 8.24. The molecule has 2 aromatic rings. The smallest absolute Gasteiger partial charge is 0.247 e. The van der Waals surface area contributed by atoms with Crippen molar-refractivity contribution in [1.82, 2.24) is 10.5 Å².